The summed E-state index contributed by atoms with van der Waals surface area (Å²) >= 11 is 0. The Bertz CT molecular complexity index is 552. The number of benzene rings is 2. The van der Waals surface area contributed by atoms with Crippen molar-refractivity contribution in [2.45, 2.75) is 19.9 Å². The van der Waals surface area contributed by atoms with Gasteiger partial charge in [0, 0.05) is 5.56 Å². The molecule has 18 heavy (non-hydrogen) atoms. The second-order valence-electron chi connectivity index (χ2n) is 4.48. The number of nitrogens with two attached hydrogens (primary N) is 1. The van der Waals surface area contributed by atoms with E-state index in [0.29, 0.717) is 5.56 Å². The highest BCUT2D eigenvalue weighted by atomic mass is 19.1. The summed E-state index contributed by atoms with van der Waals surface area (Å²) in [5, 5.41) is 0. The molecule has 0 aliphatic carbocycles. The Labute approximate surface area is 107 Å². The van der Waals surface area contributed by atoms with Gasteiger partial charge in [-0.3, -0.25) is 5.84 Å². The zero-order valence-corrected chi connectivity index (χ0v) is 10.6. The molecule has 0 aliphatic rings. The molecule has 2 aromatic rings. The van der Waals surface area contributed by atoms with Gasteiger partial charge in [-0.25, -0.2) is 9.82 Å². The summed E-state index contributed by atoms with van der Waals surface area (Å²) in [7, 11) is 0. The molecule has 94 valence electrons. The Morgan fingerprint density at radius 2 is 1.78 bits per heavy atom. The summed E-state index contributed by atoms with van der Waals surface area (Å²) in [5.41, 5.74) is 6.24. The number of hydrazine groups is 1. The first-order chi connectivity index (χ1) is 8.63. The summed E-state index contributed by atoms with van der Waals surface area (Å²) in [6, 6.07) is 12.7. The molecule has 3 heteroatoms. The van der Waals surface area contributed by atoms with Crippen molar-refractivity contribution >= 4 is 0 Å². The molecule has 0 saturated carbocycles. The van der Waals surface area contributed by atoms with Crippen LogP contribution >= 0.6 is 0 Å². The topological polar surface area (TPSA) is 38.0 Å². The van der Waals surface area contributed by atoms with Crippen molar-refractivity contribution in [2.75, 3.05) is 0 Å². The molecule has 0 spiro atoms. The van der Waals surface area contributed by atoms with Gasteiger partial charge in [0.15, 0.2) is 0 Å². The van der Waals surface area contributed by atoms with Gasteiger partial charge in [0.25, 0.3) is 0 Å². The third-order valence-corrected chi connectivity index (χ3v) is 3.13. The maximum Gasteiger partial charge on any atom is 0.128 e. The fourth-order valence-electron chi connectivity index (χ4n) is 2.12. The van der Waals surface area contributed by atoms with E-state index in [0.717, 1.165) is 16.7 Å². The molecule has 3 N–H and O–H groups in total. The summed E-state index contributed by atoms with van der Waals surface area (Å²) < 4.78 is 14.0. The van der Waals surface area contributed by atoms with Crippen LogP contribution in [0, 0.1) is 19.7 Å². The fourth-order valence-corrected chi connectivity index (χ4v) is 2.12. The molecule has 0 heterocycles. The van der Waals surface area contributed by atoms with Crippen molar-refractivity contribution in [3.05, 3.63) is 70.5 Å². The van der Waals surface area contributed by atoms with Crippen LogP contribution in [0.25, 0.3) is 0 Å². The SMILES string of the molecule is Cc1ccc(C(NN)c2ccccc2C)c(F)c1. The van der Waals surface area contributed by atoms with Crippen LogP contribution in [0.4, 0.5) is 4.39 Å². The quantitative estimate of drug-likeness (QED) is 0.643. The lowest BCUT2D eigenvalue weighted by Gasteiger charge is -2.19. The minimum Gasteiger partial charge on any atom is -0.271 e. The Morgan fingerprint density at radius 3 is 2.39 bits per heavy atom. The average Bonchev–Trinajstić information content (AvgIpc) is 2.34. The maximum absolute atomic E-state index is 14.0. The van der Waals surface area contributed by atoms with Gasteiger partial charge >= 0.3 is 0 Å². The molecule has 1 unspecified atom stereocenters. The summed E-state index contributed by atoms with van der Waals surface area (Å²) in [6.45, 7) is 3.86. The van der Waals surface area contributed by atoms with E-state index in [2.05, 4.69) is 5.43 Å². The predicted molar refractivity (Wildman–Crippen MR) is 71.5 cm³/mol. The summed E-state index contributed by atoms with van der Waals surface area (Å²) in [5.74, 6) is 5.36. The number of rotatable bonds is 3. The molecule has 0 aromatic heterocycles. The molecule has 2 nitrogen and oxygen atoms in total. The monoisotopic (exact) mass is 244 g/mol. The van der Waals surface area contributed by atoms with Crippen LogP contribution in [0.5, 0.6) is 0 Å². The molecule has 0 bridgehead atoms. The van der Waals surface area contributed by atoms with E-state index in [1.165, 1.54) is 6.07 Å². The zero-order chi connectivity index (χ0) is 13.1. The highest BCUT2D eigenvalue weighted by Gasteiger charge is 2.17. The van der Waals surface area contributed by atoms with Crippen LogP contribution in [0.1, 0.15) is 28.3 Å². The van der Waals surface area contributed by atoms with Gasteiger partial charge in [0.05, 0.1) is 6.04 Å². The third kappa shape index (κ3) is 2.42. The number of hydrogen-bond acceptors (Lipinski definition) is 2. The first kappa shape index (κ1) is 12.7. The van der Waals surface area contributed by atoms with Gasteiger partial charge in [-0.05, 0) is 36.6 Å². The smallest absolute Gasteiger partial charge is 0.128 e. The molecule has 1 atom stereocenters. The summed E-state index contributed by atoms with van der Waals surface area (Å²) in [6.07, 6.45) is 0. The van der Waals surface area contributed by atoms with Crippen molar-refractivity contribution in [2.24, 2.45) is 5.84 Å². The highest BCUT2D eigenvalue weighted by Crippen LogP contribution is 2.26. The van der Waals surface area contributed by atoms with Crippen molar-refractivity contribution in [3.8, 4) is 0 Å². The van der Waals surface area contributed by atoms with E-state index in [1.54, 1.807) is 6.07 Å². The first-order valence-electron chi connectivity index (χ1n) is 5.91. The maximum atomic E-state index is 14.0. The van der Waals surface area contributed by atoms with Gasteiger partial charge in [-0.1, -0.05) is 36.4 Å². The Balaban J connectivity index is 2.49. The average molecular weight is 244 g/mol. The Morgan fingerprint density at radius 1 is 1.06 bits per heavy atom. The van der Waals surface area contributed by atoms with Crippen LogP contribution in [-0.2, 0) is 0 Å². The molecule has 2 aromatic carbocycles. The highest BCUT2D eigenvalue weighted by molar-refractivity contribution is 5.38. The van der Waals surface area contributed by atoms with Crippen LogP contribution in [0.3, 0.4) is 0 Å². The van der Waals surface area contributed by atoms with Gasteiger partial charge in [-0.15, -0.1) is 0 Å². The number of hydrogen-bond donors (Lipinski definition) is 2. The van der Waals surface area contributed by atoms with Gasteiger partial charge in [0.2, 0.25) is 0 Å². The zero-order valence-electron chi connectivity index (χ0n) is 10.6. The number of aryl methyl sites for hydroxylation is 2. The third-order valence-electron chi connectivity index (χ3n) is 3.13. The lowest BCUT2D eigenvalue weighted by atomic mass is 9.94. The standard InChI is InChI=1S/C15H17FN2/c1-10-7-8-13(14(16)9-10)15(18-17)12-6-4-3-5-11(12)2/h3-9,15,18H,17H2,1-2H3. The van der Waals surface area contributed by atoms with E-state index in [9.17, 15) is 4.39 Å². The van der Waals surface area contributed by atoms with Crippen molar-refractivity contribution in [1.29, 1.82) is 0 Å². The van der Waals surface area contributed by atoms with Crippen LogP contribution in [-0.4, -0.2) is 0 Å². The van der Waals surface area contributed by atoms with Crippen molar-refractivity contribution in [1.82, 2.24) is 5.43 Å². The van der Waals surface area contributed by atoms with Crippen molar-refractivity contribution < 1.29 is 4.39 Å². The van der Waals surface area contributed by atoms with E-state index in [-0.39, 0.29) is 11.9 Å². The van der Waals surface area contributed by atoms with Crippen LogP contribution < -0.4 is 11.3 Å². The van der Waals surface area contributed by atoms with Crippen LogP contribution in [0.2, 0.25) is 0 Å². The second kappa shape index (κ2) is 5.29. The molecule has 0 radical (unpaired) electrons. The van der Waals surface area contributed by atoms with Gasteiger partial charge < -0.3 is 0 Å². The normalized spacial score (nSPS) is 12.4. The molecular weight excluding hydrogens is 227 g/mol. The fraction of sp³-hybridized carbons (Fsp3) is 0.200. The van der Waals surface area contributed by atoms with E-state index >= 15 is 0 Å². The molecule has 0 amide bonds. The van der Waals surface area contributed by atoms with Gasteiger partial charge in [0.1, 0.15) is 5.82 Å². The minimum atomic E-state index is -0.327. The van der Waals surface area contributed by atoms with Gasteiger partial charge in [-0.2, -0.15) is 0 Å². The molecule has 0 aliphatic heterocycles. The Hall–Kier alpha value is -1.71. The van der Waals surface area contributed by atoms with Crippen molar-refractivity contribution in [3.63, 3.8) is 0 Å². The van der Waals surface area contributed by atoms with Crippen LogP contribution in [0.15, 0.2) is 42.5 Å². The predicted octanol–water partition coefficient (Wildman–Crippen LogP) is 3.00. The number of halogens is 1. The minimum absolute atomic E-state index is 0.235. The molecule has 2 rings (SSSR count). The van der Waals surface area contributed by atoms with E-state index in [1.807, 2.05) is 44.2 Å². The largest absolute Gasteiger partial charge is 0.271 e. The first-order valence-corrected chi connectivity index (χ1v) is 5.91. The number of nitrogens with one attached hydrogen (secondary N) is 1. The van der Waals surface area contributed by atoms with E-state index in [4.69, 9.17) is 5.84 Å². The summed E-state index contributed by atoms with van der Waals surface area (Å²) in [4.78, 5) is 0. The lowest BCUT2D eigenvalue weighted by Crippen LogP contribution is -2.30. The second-order valence-corrected chi connectivity index (χ2v) is 4.48. The molecule has 0 saturated heterocycles. The molecular formula is C15H17FN2. The van der Waals surface area contributed by atoms with E-state index < -0.39 is 0 Å². The Kier molecular flexibility index (Phi) is 3.75. The lowest BCUT2D eigenvalue weighted by molar-refractivity contribution is 0.558. The molecule has 0 fully saturated rings.